The second kappa shape index (κ2) is 8.48. The lowest BCUT2D eigenvalue weighted by atomic mass is 10.2. The van der Waals surface area contributed by atoms with Gasteiger partial charge in [-0.3, -0.25) is 4.79 Å². The monoisotopic (exact) mass is 302 g/mol. The van der Waals surface area contributed by atoms with E-state index in [1.165, 1.54) is 6.21 Å². The van der Waals surface area contributed by atoms with Crippen molar-refractivity contribution in [2.45, 2.75) is 6.92 Å². The zero-order chi connectivity index (χ0) is 16.5. The van der Waals surface area contributed by atoms with Crippen molar-refractivity contribution < 1.29 is 4.79 Å². The molecule has 0 aliphatic heterocycles. The van der Waals surface area contributed by atoms with Gasteiger partial charge in [-0.2, -0.15) is 0 Å². The summed E-state index contributed by atoms with van der Waals surface area (Å²) in [6.07, 6.45) is 1.27. The number of aliphatic imine (C=N–C) groups is 1. The molecule has 0 aromatic heterocycles. The van der Waals surface area contributed by atoms with Crippen molar-refractivity contribution in [3.8, 4) is 0 Å². The van der Waals surface area contributed by atoms with Gasteiger partial charge in [0.25, 0.3) is 5.91 Å². The summed E-state index contributed by atoms with van der Waals surface area (Å²) in [5, 5.41) is 5.80. The van der Waals surface area contributed by atoms with Crippen LogP contribution in [0.1, 0.15) is 5.56 Å². The number of anilines is 1. The fourth-order valence-corrected chi connectivity index (χ4v) is 1.62. The Labute approximate surface area is 130 Å². The van der Waals surface area contributed by atoms with E-state index in [2.05, 4.69) is 22.2 Å². The highest BCUT2D eigenvalue weighted by atomic mass is 16.1. The zero-order valence-corrected chi connectivity index (χ0v) is 12.6. The van der Waals surface area contributed by atoms with Gasteiger partial charge in [-0.05, 0) is 24.6 Å². The predicted molar refractivity (Wildman–Crippen MR) is 89.9 cm³/mol. The molecule has 22 heavy (non-hydrogen) atoms. The van der Waals surface area contributed by atoms with Crippen LogP contribution in [0.5, 0.6) is 0 Å². The first-order valence-electron chi connectivity index (χ1n) is 6.74. The number of nitrogens with two attached hydrogens (primary N) is 3. The minimum atomic E-state index is -0.687. The number of benzene rings is 1. The van der Waals surface area contributed by atoms with Crippen LogP contribution in [0, 0.1) is 6.92 Å². The fourth-order valence-electron chi connectivity index (χ4n) is 1.62. The van der Waals surface area contributed by atoms with Crippen molar-refractivity contribution in [1.82, 2.24) is 5.32 Å². The van der Waals surface area contributed by atoms with Gasteiger partial charge < -0.3 is 27.8 Å². The maximum atomic E-state index is 11.5. The third kappa shape index (κ3) is 5.68. The number of hydrogen-bond acceptors (Lipinski definition) is 6. The molecule has 118 valence electrons. The topological polar surface area (TPSA) is 132 Å². The van der Waals surface area contributed by atoms with Crippen molar-refractivity contribution in [3.63, 3.8) is 0 Å². The first kappa shape index (κ1) is 17.3. The summed E-state index contributed by atoms with van der Waals surface area (Å²) in [4.78, 5) is 15.5. The molecule has 0 saturated carbocycles. The number of carbonyl (C=O) groups excluding carboxylic acids is 1. The normalized spacial score (nSPS) is 11.9. The van der Waals surface area contributed by atoms with Gasteiger partial charge in [0.1, 0.15) is 11.6 Å². The highest BCUT2D eigenvalue weighted by molar-refractivity contribution is 6.12. The van der Waals surface area contributed by atoms with Crippen LogP contribution in [-0.2, 0) is 4.79 Å². The van der Waals surface area contributed by atoms with Crippen molar-refractivity contribution >= 4 is 17.8 Å². The molecule has 1 aromatic rings. The summed E-state index contributed by atoms with van der Waals surface area (Å²) < 4.78 is 0. The lowest BCUT2D eigenvalue weighted by Gasteiger charge is -2.10. The van der Waals surface area contributed by atoms with E-state index in [-0.39, 0.29) is 11.4 Å². The maximum absolute atomic E-state index is 11.5. The Morgan fingerprint density at radius 1 is 1.41 bits per heavy atom. The second-order valence-electron chi connectivity index (χ2n) is 4.61. The molecule has 1 amide bonds. The smallest absolute Gasteiger partial charge is 0.253 e. The van der Waals surface area contributed by atoms with Gasteiger partial charge in [-0.1, -0.05) is 18.7 Å². The average molecular weight is 302 g/mol. The number of aryl methyl sites for hydroxylation is 1. The molecule has 7 nitrogen and oxygen atoms in total. The van der Waals surface area contributed by atoms with Crippen molar-refractivity contribution in [3.05, 3.63) is 53.6 Å². The molecule has 0 fully saturated rings. The van der Waals surface area contributed by atoms with Gasteiger partial charge in [0.15, 0.2) is 0 Å². The van der Waals surface area contributed by atoms with Crippen LogP contribution in [0.15, 0.2) is 53.1 Å². The van der Waals surface area contributed by atoms with E-state index in [0.717, 1.165) is 11.3 Å². The van der Waals surface area contributed by atoms with Crippen molar-refractivity contribution in [2.75, 3.05) is 18.4 Å². The summed E-state index contributed by atoms with van der Waals surface area (Å²) in [7, 11) is 0. The number of amides is 1. The van der Waals surface area contributed by atoms with Crippen LogP contribution in [0.4, 0.5) is 5.69 Å². The molecule has 0 atom stereocenters. The maximum Gasteiger partial charge on any atom is 0.253 e. The Hall–Kier alpha value is -2.80. The highest BCUT2D eigenvalue weighted by Gasteiger charge is 2.08. The minimum absolute atomic E-state index is 0.0669. The molecular weight excluding hydrogens is 280 g/mol. The molecule has 7 heteroatoms. The molecule has 1 rings (SSSR count). The second-order valence-corrected chi connectivity index (χ2v) is 4.61. The first-order valence-corrected chi connectivity index (χ1v) is 6.74. The van der Waals surface area contributed by atoms with Crippen LogP contribution in [-0.4, -0.2) is 25.2 Å². The lowest BCUT2D eigenvalue weighted by molar-refractivity contribution is -0.114. The van der Waals surface area contributed by atoms with Crippen molar-refractivity contribution in [2.24, 2.45) is 22.2 Å². The number of carbonyl (C=O) groups is 1. The van der Waals surface area contributed by atoms with E-state index < -0.39 is 5.91 Å². The number of nitrogens with one attached hydrogen (secondary N) is 2. The van der Waals surface area contributed by atoms with E-state index in [4.69, 9.17) is 17.2 Å². The van der Waals surface area contributed by atoms with Gasteiger partial charge in [-0.25, -0.2) is 4.99 Å². The third-order valence-electron chi connectivity index (χ3n) is 2.68. The number of nitrogens with zero attached hydrogens (tertiary/aromatic N) is 1. The summed E-state index contributed by atoms with van der Waals surface area (Å²) in [6.45, 7) is 6.61. The van der Waals surface area contributed by atoms with E-state index in [1.807, 2.05) is 31.2 Å². The summed E-state index contributed by atoms with van der Waals surface area (Å²) in [5.74, 6) is -0.200. The van der Waals surface area contributed by atoms with Gasteiger partial charge >= 0.3 is 0 Å². The van der Waals surface area contributed by atoms with E-state index in [0.29, 0.717) is 18.9 Å². The molecule has 0 radical (unpaired) electrons. The quantitative estimate of drug-likeness (QED) is 0.344. The SMILES string of the molecule is C=C(/N=C\C(C(N)=O)=C(/N)Nc1cccc(C)c1)NCCN. The van der Waals surface area contributed by atoms with E-state index >= 15 is 0 Å². The Balaban J connectivity index is 2.90. The van der Waals surface area contributed by atoms with Crippen LogP contribution < -0.4 is 27.8 Å². The molecule has 8 N–H and O–H groups in total. The molecule has 0 aliphatic rings. The first-order chi connectivity index (χ1) is 10.4. The van der Waals surface area contributed by atoms with Gasteiger partial charge in [0.2, 0.25) is 0 Å². The third-order valence-corrected chi connectivity index (χ3v) is 2.68. The van der Waals surface area contributed by atoms with E-state index in [9.17, 15) is 4.79 Å². The zero-order valence-electron chi connectivity index (χ0n) is 12.6. The largest absolute Gasteiger partial charge is 0.385 e. The van der Waals surface area contributed by atoms with Gasteiger partial charge in [-0.15, -0.1) is 0 Å². The van der Waals surface area contributed by atoms with Gasteiger partial charge in [0, 0.05) is 25.0 Å². The Bertz CT molecular complexity index is 606. The van der Waals surface area contributed by atoms with Crippen LogP contribution in [0.25, 0.3) is 0 Å². The number of primary amides is 1. The lowest BCUT2D eigenvalue weighted by Crippen LogP contribution is -2.24. The molecular formula is C15H22N6O. The molecule has 0 saturated heterocycles. The highest BCUT2D eigenvalue weighted by Crippen LogP contribution is 2.11. The average Bonchev–Trinajstić information content (AvgIpc) is 2.44. The van der Waals surface area contributed by atoms with Crippen LogP contribution >= 0.6 is 0 Å². The molecule has 0 bridgehead atoms. The molecule has 0 heterocycles. The molecule has 0 spiro atoms. The Kier molecular flexibility index (Phi) is 6.65. The van der Waals surface area contributed by atoms with Crippen LogP contribution in [0.2, 0.25) is 0 Å². The standard InChI is InChI=1S/C15H22N6O/c1-10-4-3-5-12(8-10)21-14(17)13(15(18)22)9-20-11(2)19-7-6-16/h3-5,8-9,19,21H,2,6-7,16-17H2,1H3,(H2,18,22)/b14-13-,20-9-. The number of hydrogen-bond donors (Lipinski definition) is 5. The Morgan fingerprint density at radius 3 is 2.73 bits per heavy atom. The van der Waals surface area contributed by atoms with Crippen molar-refractivity contribution in [1.29, 1.82) is 0 Å². The van der Waals surface area contributed by atoms with Crippen LogP contribution in [0.3, 0.4) is 0 Å². The van der Waals surface area contributed by atoms with E-state index in [1.54, 1.807) is 0 Å². The predicted octanol–water partition coefficient (Wildman–Crippen LogP) is 0.153. The summed E-state index contributed by atoms with van der Waals surface area (Å²) in [6, 6.07) is 7.55. The summed E-state index contributed by atoms with van der Waals surface area (Å²) in [5.41, 5.74) is 18.5. The fraction of sp³-hybridized carbons (Fsp3) is 0.200. The molecule has 1 aromatic carbocycles. The van der Waals surface area contributed by atoms with Gasteiger partial charge in [0.05, 0.1) is 5.57 Å². The molecule has 0 unspecified atom stereocenters. The molecule has 0 aliphatic carbocycles. The Morgan fingerprint density at radius 2 is 2.14 bits per heavy atom. The summed E-state index contributed by atoms with van der Waals surface area (Å²) >= 11 is 0. The minimum Gasteiger partial charge on any atom is -0.385 e. The number of rotatable bonds is 8.